The van der Waals surface area contributed by atoms with E-state index in [1.807, 2.05) is 6.07 Å². The van der Waals surface area contributed by atoms with Crippen molar-refractivity contribution in [2.24, 2.45) is 7.05 Å². The van der Waals surface area contributed by atoms with Crippen LogP contribution < -0.4 is 5.69 Å². The van der Waals surface area contributed by atoms with Gasteiger partial charge in [0.25, 0.3) is 0 Å². The Bertz CT molecular complexity index is 1800. The fourth-order valence-electron chi connectivity index (χ4n) is 5.30. The molecule has 0 saturated carbocycles. The van der Waals surface area contributed by atoms with Crippen molar-refractivity contribution in [3.63, 3.8) is 0 Å². The maximum absolute atomic E-state index is 13.8. The van der Waals surface area contributed by atoms with Crippen LogP contribution in [0, 0.1) is 0 Å². The number of pyridine rings is 2. The lowest BCUT2D eigenvalue weighted by Gasteiger charge is -2.16. The maximum Gasteiger partial charge on any atom is 0.354 e. The molecular weight excluding hydrogens is 514 g/mol. The molecule has 1 aliphatic heterocycles. The smallest absolute Gasteiger partial charge is 0.354 e. The lowest BCUT2D eigenvalue weighted by atomic mass is 10.1. The molecule has 12 nitrogen and oxygen atoms in total. The molecule has 0 radical (unpaired) electrons. The summed E-state index contributed by atoms with van der Waals surface area (Å²) in [5.41, 5.74) is 3.61. The largest absolute Gasteiger partial charge is 0.478 e. The summed E-state index contributed by atoms with van der Waals surface area (Å²) in [4.78, 5) is 51.6. The summed E-state index contributed by atoms with van der Waals surface area (Å²) in [6.07, 6.45) is 7.08. The first-order valence-corrected chi connectivity index (χ1v) is 12.6. The Morgan fingerprint density at radius 3 is 2.42 bits per heavy atom. The van der Waals surface area contributed by atoms with Crippen molar-refractivity contribution in [3.8, 4) is 16.9 Å². The third-order valence-corrected chi connectivity index (χ3v) is 7.39. The van der Waals surface area contributed by atoms with Crippen LogP contribution in [0.5, 0.6) is 0 Å². The zero-order valence-electron chi connectivity index (χ0n) is 21.5. The van der Waals surface area contributed by atoms with Crippen LogP contribution >= 0.6 is 0 Å². The van der Waals surface area contributed by atoms with Gasteiger partial charge >= 0.3 is 17.6 Å². The van der Waals surface area contributed by atoms with E-state index < -0.39 is 11.9 Å². The zero-order valence-corrected chi connectivity index (χ0v) is 21.5. The number of nitrogens with zero attached hydrogens (tertiary/aromatic N) is 7. The van der Waals surface area contributed by atoms with Gasteiger partial charge in [-0.25, -0.2) is 19.4 Å². The topological polar surface area (TPSA) is 148 Å². The molecule has 12 heteroatoms. The Balaban J connectivity index is 1.29. The number of rotatable bonds is 7. The highest BCUT2D eigenvalue weighted by atomic mass is 16.4. The molecule has 0 amide bonds. The number of benzene rings is 1. The Morgan fingerprint density at radius 2 is 1.75 bits per heavy atom. The first kappa shape index (κ1) is 25.2. The van der Waals surface area contributed by atoms with Crippen molar-refractivity contribution in [2.45, 2.75) is 19.0 Å². The number of carbonyl (C=O) groups is 2. The highest BCUT2D eigenvalue weighted by Gasteiger charge is 2.29. The van der Waals surface area contributed by atoms with E-state index >= 15 is 0 Å². The van der Waals surface area contributed by atoms with E-state index in [4.69, 9.17) is 5.11 Å². The van der Waals surface area contributed by atoms with Gasteiger partial charge in [0.1, 0.15) is 11.5 Å². The lowest BCUT2D eigenvalue weighted by Crippen LogP contribution is -2.29. The van der Waals surface area contributed by atoms with E-state index in [1.165, 1.54) is 18.3 Å². The minimum atomic E-state index is -1.02. The van der Waals surface area contributed by atoms with Crippen LogP contribution in [-0.2, 0) is 13.6 Å². The SMILES string of the molecule is Cn1c(C(=O)O)cnc1CN1CC[C@H](n2c(=O)n(-c3ccc(-c4ccc(C(=O)O)cc4)nc3)c3ccncc32)C1. The zero-order chi connectivity index (χ0) is 28.0. The predicted octanol–water partition coefficient (Wildman–Crippen LogP) is 2.83. The molecule has 0 unspecified atom stereocenters. The molecular formula is C28H25N7O5. The normalized spacial score (nSPS) is 15.6. The van der Waals surface area contributed by atoms with Crippen molar-refractivity contribution in [2.75, 3.05) is 13.1 Å². The van der Waals surface area contributed by atoms with Gasteiger partial charge in [0, 0.05) is 31.9 Å². The third-order valence-electron chi connectivity index (χ3n) is 7.39. The van der Waals surface area contributed by atoms with Crippen molar-refractivity contribution in [1.29, 1.82) is 0 Å². The molecule has 1 aliphatic rings. The molecule has 1 fully saturated rings. The van der Waals surface area contributed by atoms with E-state index in [0.29, 0.717) is 35.8 Å². The average Bonchev–Trinajstić information content (AvgIpc) is 3.64. The van der Waals surface area contributed by atoms with Crippen molar-refractivity contribution < 1.29 is 19.8 Å². The van der Waals surface area contributed by atoms with Crippen LogP contribution in [0.1, 0.15) is 39.1 Å². The second-order valence-electron chi connectivity index (χ2n) is 9.74. The molecule has 40 heavy (non-hydrogen) atoms. The number of fused-ring (bicyclic) bond motifs is 1. The van der Waals surface area contributed by atoms with Crippen LogP contribution in [0.15, 0.2) is 72.0 Å². The van der Waals surface area contributed by atoms with E-state index in [9.17, 15) is 19.5 Å². The monoisotopic (exact) mass is 539 g/mol. The van der Waals surface area contributed by atoms with Gasteiger partial charge < -0.3 is 14.8 Å². The summed E-state index contributed by atoms with van der Waals surface area (Å²) < 4.78 is 4.98. The molecule has 0 spiro atoms. The first-order chi connectivity index (χ1) is 19.3. The molecule has 0 bridgehead atoms. The summed E-state index contributed by atoms with van der Waals surface area (Å²) in [6.45, 7) is 1.81. The van der Waals surface area contributed by atoms with E-state index in [-0.39, 0.29) is 23.0 Å². The van der Waals surface area contributed by atoms with Gasteiger partial charge in [0.15, 0.2) is 0 Å². The fraction of sp³-hybridized carbons (Fsp3) is 0.214. The van der Waals surface area contributed by atoms with Gasteiger partial charge in [-0.2, -0.15) is 0 Å². The second kappa shape index (κ2) is 9.89. The quantitative estimate of drug-likeness (QED) is 0.318. The molecule has 1 aromatic carbocycles. The minimum absolute atomic E-state index is 0.0976. The number of carboxylic acid groups (broad SMARTS) is 2. The molecule has 5 heterocycles. The van der Waals surface area contributed by atoms with Crippen molar-refractivity contribution in [3.05, 3.63) is 94.8 Å². The summed E-state index contributed by atoms with van der Waals surface area (Å²) in [5.74, 6) is -1.36. The van der Waals surface area contributed by atoms with Crippen molar-refractivity contribution in [1.82, 2.24) is 33.6 Å². The standard InChI is InChI=1S/C28H25N7O5/c1-32-24(27(38)39)14-31-25(32)16-33-11-9-20(15-33)35-23-13-29-10-8-22(23)34(28(35)40)19-6-7-21(30-12-19)17-2-4-18(5-3-17)26(36)37/h2-8,10,12-14,20H,9,11,15-16H2,1H3,(H,36,37)(H,38,39)/t20-/m0/s1. The van der Waals surface area contributed by atoms with E-state index in [0.717, 1.165) is 24.0 Å². The van der Waals surface area contributed by atoms with Crippen LogP contribution in [0.3, 0.4) is 0 Å². The van der Waals surface area contributed by atoms with Crippen LogP contribution in [0.2, 0.25) is 0 Å². The number of hydrogen-bond donors (Lipinski definition) is 2. The van der Waals surface area contributed by atoms with Crippen LogP contribution in [0.25, 0.3) is 28.0 Å². The fourth-order valence-corrected chi connectivity index (χ4v) is 5.30. The summed E-state index contributed by atoms with van der Waals surface area (Å²) in [5, 5.41) is 18.4. The number of aromatic carboxylic acids is 2. The van der Waals surface area contributed by atoms with Gasteiger partial charge in [-0.1, -0.05) is 12.1 Å². The van der Waals surface area contributed by atoms with E-state index in [2.05, 4.69) is 19.9 Å². The van der Waals surface area contributed by atoms with Gasteiger partial charge in [0.2, 0.25) is 0 Å². The third kappa shape index (κ3) is 4.33. The number of imidazole rings is 2. The second-order valence-corrected chi connectivity index (χ2v) is 9.74. The maximum atomic E-state index is 13.8. The predicted molar refractivity (Wildman–Crippen MR) is 145 cm³/mol. The Morgan fingerprint density at radius 1 is 0.950 bits per heavy atom. The molecule has 6 rings (SSSR count). The summed E-state index contributed by atoms with van der Waals surface area (Å²) in [7, 11) is 1.69. The Labute approximate surface area is 227 Å². The summed E-state index contributed by atoms with van der Waals surface area (Å²) in [6, 6.07) is 11.8. The molecule has 5 aromatic rings. The molecule has 202 valence electrons. The van der Waals surface area contributed by atoms with Gasteiger partial charge in [-0.3, -0.25) is 24.0 Å². The van der Waals surface area contributed by atoms with Gasteiger partial charge in [0.05, 0.1) is 59.2 Å². The average molecular weight is 540 g/mol. The van der Waals surface area contributed by atoms with Crippen LogP contribution in [-0.4, -0.2) is 68.8 Å². The molecule has 1 atom stereocenters. The summed E-state index contributed by atoms with van der Waals surface area (Å²) >= 11 is 0. The number of carboxylic acids is 2. The highest BCUT2D eigenvalue weighted by molar-refractivity contribution is 5.88. The molecule has 4 aromatic heterocycles. The first-order valence-electron chi connectivity index (χ1n) is 12.6. The van der Waals surface area contributed by atoms with Gasteiger partial charge in [-0.15, -0.1) is 0 Å². The van der Waals surface area contributed by atoms with Gasteiger partial charge in [-0.05, 0) is 36.8 Å². The number of hydrogen-bond acceptors (Lipinski definition) is 7. The Hall–Kier alpha value is -5.10. The van der Waals surface area contributed by atoms with E-state index in [1.54, 1.807) is 63.6 Å². The molecule has 2 N–H and O–H groups in total. The van der Waals surface area contributed by atoms with Crippen molar-refractivity contribution >= 4 is 23.0 Å². The van der Waals surface area contributed by atoms with Crippen LogP contribution in [0.4, 0.5) is 0 Å². The minimum Gasteiger partial charge on any atom is -0.478 e. The highest BCUT2D eigenvalue weighted by Crippen LogP contribution is 2.27. The number of likely N-dealkylation sites (tertiary alicyclic amines) is 1. The lowest BCUT2D eigenvalue weighted by molar-refractivity contribution is 0.0679. The molecule has 1 saturated heterocycles. The molecule has 0 aliphatic carbocycles. The number of aromatic nitrogens is 6. The Kier molecular flexibility index (Phi) is 6.23.